The van der Waals surface area contributed by atoms with E-state index in [0.717, 1.165) is 28.9 Å². The van der Waals surface area contributed by atoms with Gasteiger partial charge in [0.1, 0.15) is 5.69 Å². The minimum Gasteiger partial charge on any atom is -0.494 e. The molecule has 10 heteroatoms. The Hall–Kier alpha value is -3.43. The smallest absolute Gasteiger partial charge is 0.279 e. The maximum absolute atomic E-state index is 12.4. The minimum absolute atomic E-state index is 0. The van der Waals surface area contributed by atoms with Crippen LogP contribution in [0.1, 0.15) is 16.8 Å². The van der Waals surface area contributed by atoms with E-state index in [1.54, 1.807) is 17.7 Å². The van der Waals surface area contributed by atoms with Crippen LogP contribution in [0.25, 0.3) is 33.3 Å². The number of ether oxygens (including phenoxy) is 1. The molecule has 0 radical (unpaired) electrons. The number of hydroxylamine groups is 1. The number of hydrogen-bond acceptors (Lipinski definition) is 7. The van der Waals surface area contributed by atoms with Crippen LogP contribution in [0.2, 0.25) is 0 Å². The van der Waals surface area contributed by atoms with Gasteiger partial charge in [0.15, 0.2) is 5.75 Å². The van der Waals surface area contributed by atoms with Crippen LogP contribution >= 0.6 is 24.8 Å². The molecule has 184 valence electrons. The third-order valence-electron chi connectivity index (χ3n) is 5.32. The Morgan fingerprint density at radius 1 is 0.971 bits per heavy atom. The van der Waals surface area contributed by atoms with E-state index in [1.165, 1.54) is 13.3 Å². The summed E-state index contributed by atoms with van der Waals surface area (Å²) < 4.78 is 5.55. The van der Waals surface area contributed by atoms with Crippen LogP contribution < -0.4 is 15.5 Å². The highest BCUT2D eigenvalue weighted by molar-refractivity contribution is 6.09. The molecule has 2 aromatic carbocycles. The van der Waals surface area contributed by atoms with Crippen LogP contribution in [0.4, 0.5) is 5.69 Å². The summed E-state index contributed by atoms with van der Waals surface area (Å²) in [6.07, 6.45) is 3.82. The first kappa shape index (κ1) is 27.8. The van der Waals surface area contributed by atoms with Gasteiger partial charge < -0.3 is 15.2 Å². The summed E-state index contributed by atoms with van der Waals surface area (Å²) in [5, 5.41) is 21.9. The zero-order valence-corrected chi connectivity index (χ0v) is 20.5. The van der Waals surface area contributed by atoms with Gasteiger partial charge in [0.25, 0.3) is 5.91 Å². The van der Waals surface area contributed by atoms with Crippen molar-refractivity contribution in [1.82, 2.24) is 15.4 Å². The van der Waals surface area contributed by atoms with E-state index in [4.69, 9.17) is 14.8 Å². The number of methoxy groups -OCH3 is 1. The monoisotopic (exact) mass is 516 g/mol. The van der Waals surface area contributed by atoms with E-state index in [-0.39, 0.29) is 42.7 Å². The van der Waals surface area contributed by atoms with Crippen molar-refractivity contribution < 1.29 is 19.8 Å². The lowest BCUT2D eigenvalue weighted by Crippen LogP contribution is -2.20. The van der Waals surface area contributed by atoms with Crippen molar-refractivity contribution in [2.24, 2.45) is 0 Å². The van der Waals surface area contributed by atoms with Gasteiger partial charge in [0, 0.05) is 42.2 Å². The van der Waals surface area contributed by atoms with Gasteiger partial charge in [-0.2, -0.15) is 0 Å². The zero-order chi connectivity index (χ0) is 23.2. The molecule has 0 unspecified atom stereocenters. The average Bonchev–Trinajstić information content (AvgIpc) is 2.87. The van der Waals surface area contributed by atoms with E-state index in [1.807, 2.05) is 48.5 Å². The molecule has 0 aliphatic heterocycles. The molecule has 0 aliphatic rings. The van der Waals surface area contributed by atoms with Crippen LogP contribution in [-0.4, -0.2) is 46.5 Å². The lowest BCUT2D eigenvalue weighted by molar-refractivity contribution is 0.0705. The standard InChI is InChI=1S/C25H24N4O4.2ClH/c1-33-24-22(25(31)29-32)20-15-26-13-11-21(20)28-23(24)18-5-3-16(4-6-18)17-7-9-19(10-8-17)27-12-2-14-30;;/h3-11,13,15,27,30,32H,2,12,14H2,1H3,(H,29,31);2*1H. The Labute approximate surface area is 215 Å². The summed E-state index contributed by atoms with van der Waals surface area (Å²) in [6, 6.07) is 17.6. The number of nitrogens with zero attached hydrogens (tertiary/aromatic N) is 2. The second kappa shape index (κ2) is 12.9. The quantitative estimate of drug-likeness (QED) is 0.152. The molecule has 4 rings (SSSR count). The van der Waals surface area contributed by atoms with Gasteiger partial charge in [-0.3, -0.25) is 15.0 Å². The van der Waals surface area contributed by atoms with Crippen LogP contribution in [0.5, 0.6) is 5.75 Å². The van der Waals surface area contributed by atoms with Crippen molar-refractivity contribution in [3.8, 4) is 28.1 Å². The zero-order valence-electron chi connectivity index (χ0n) is 18.9. The molecule has 0 atom stereocenters. The number of aliphatic hydroxyl groups is 1. The maximum Gasteiger partial charge on any atom is 0.279 e. The molecular weight excluding hydrogens is 491 g/mol. The molecule has 4 N–H and O–H groups in total. The number of aliphatic hydroxyl groups excluding tert-OH is 1. The molecule has 0 bridgehead atoms. The SMILES string of the molecule is COc1c(-c2ccc(-c3ccc(NCCCO)cc3)cc2)nc2ccncc2c1C(=O)NO.Cl.Cl. The van der Waals surface area contributed by atoms with Gasteiger partial charge in [0.2, 0.25) is 0 Å². The average molecular weight is 517 g/mol. The number of nitrogens with one attached hydrogen (secondary N) is 2. The number of amides is 1. The number of fused-ring (bicyclic) bond motifs is 1. The van der Waals surface area contributed by atoms with E-state index in [2.05, 4.69) is 10.3 Å². The van der Waals surface area contributed by atoms with Gasteiger partial charge >= 0.3 is 0 Å². The van der Waals surface area contributed by atoms with E-state index < -0.39 is 5.91 Å². The number of aromatic nitrogens is 2. The Morgan fingerprint density at radius 2 is 1.60 bits per heavy atom. The second-order valence-electron chi connectivity index (χ2n) is 7.36. The number of benzene rings is 2. The molecule has 0 aliphatic carbocycles. The summed E-state index contributed by atoms with van der Waals surface area (Å²) in [5.74, 6) is -0.439. The van der Waals surface area contributed by atoms with Crippen molar-refractivity contribution in [3.05, 3.63) is 72.6 Å². The fraction of sp³-hybridized carbons (Fsp3) is 0.160. The van der Waals surface area contributed by atoms with Crippen LogP contribution in [-0.2, 0) is 0 Å². The van der Waals surface area contributed by atoms with Crippen molar-refractivity contribution in [2.45, 2.75) is 6.42 Å². The number of carbonyl (C=O) groups excluding carboxylic acids is 1. The largest absolute Gasteiger partial charge is 0.494 e. The lowest BCUT2D eigenvalue weighted by atomic mass is 9.99. The molecule has 0 fully saturated rings. The van der Waals surface area contributed by atoms with Crippen LogP contribution in [0.15, 0.2) is 67.0 Å². The molecule has 2 heterocycles. The first-order valence-corrected chi connectivity index (χ1v) is 10.5. The van der Waals surface area contributed by atoms with Gasteiger partial charge in [-0.25, -0.2) is 10.5 Å². The molecule has 0 spiro atoms. The molecule has 0 saturated carbocycles. The Morgan fingerprint density at radius 3 is 2.20 bits per heavy atom. The highest BCUT2D eigenvalue weighted by Gasteiger charge is 2.22. The summed E-state index contributed by atoms with van der Waals surface area (Å²) >= 11 is 0. The molecule has 4 aromatic rings. The molecule has 0 saturated heterocycles. The predicted molar refractivity (Wildman–Crippen MR) is 141 cm³/mol. The Bertz CT molecular complexity index is 1270. The highest BCUT2D eigenvalue weighted by atomic mass is 35.5. The van der Waals surface area contributed by atoms with E-state index in [9.17, 15) is 10.0 Å². The fourth-order valence-corrected chi connectivity index (χ4v) is 3.68. The first-order valence-electron chi connectivity index (χ1n) is 10.5. The Kier molecular flexibility index (Phi) is 10.2. The fourth-order valence-electron chi connectivity index (χ4n) is 3.68. The van der Waals surface area contributed by atoms with Crippen molar-refractivity contribution in [1.29, 1.82) is 0 Å². The summed E-state index contributed by atoms with van der Waals surface area (Å²) in [4.78, 5) is 21.2. The number of rotatable bonds is 8. The number of carbonyl (C=O) groups is 1. The number of anilines is 1. The normalized spacial score (nSPS) is 10.1. The molecule has 8 nitrogen and oxygen atoms in total. The van der Waals surface area contributed by atoms with Crippen LogP contribution in [0.3, 0.4) is 0 Å². The Balaban J connectivity index is 0.00000216. The minimum atomic E-state index is -0.696. The molecular formula is C25H26Cl2N4O4. The number of pyridine rings is 2. The summed E-state index contributed by atoms with van der Waals surface area (Å²) in [6.45, 7) is 0.884. The summed E-state index contributed by atoms with van der Waals surface area (Å²) in [7, 11) is 1.46. The van der Waals surface area contributed by atoms with Gasteiger partial charge in [-0.15, -0.1) is 24.8 Å². The predicted octanol–water partition coefficient (Wildman–Crippen LogP) is 4.73. The topological polar surface area (TPSA) is 117 Å². The third kappa shape index (κ3) is 5.98. The van der Waals surface area contributed by atoms with Crippen molar-refractivity contribution in [3.63, 3.8) is 0 Å². The van der Waals surface area contributed by atoms with Crippen LogP contribution in [0, 0.1) is 0 Å². The van der Waals surface area contributed by atoms with Gasteiger partial charge in [-0.1, -0.05) is 36.4 Å². The maximum atomic E-state index is 12.4. The number of halogens is 2. The second-order valence-corrected chi connectivity index (χ2v) is 7.36. The lowest BCUT2D eigenvalue weighted by Gasteiger charge is -2.15. The van der Waals surface area contributed by atoms with Crippen molar-refractivity contribution >= 4 is 47.3 Å². The van der Waals surface area contributed by atoms with Gasteiger partial charge in [0.05, 0.1) is 18.2 Å². The highest BCUT2D eigenvalue weighted by Crippen LogP contribution is 2.36. The molecule has 35 heavy (non-hydrogen) atoms. The first-order chi connectivity index (χ1) is 16.2. The van der Waals surface area contributed by atoms with E-state index in [0.29, 0.717) is 23.0 Å². The molecule has 2 aromatic heterocycles. The summed E-state index contributed by atoms with van der Waals surface area (Å²) in [5.41, 5.74) is 6.75. The van der Waals surface area contributed by atoms with Gasteiger partial charge in [-0.05, 0) is 35.7 Å². The number of hydrogen-bond donors (Lipinski definition) is 4. The van der Waals surface area contributed by atoms with Crippen molar-refractivity contribution in [2.75, 3.05) is 25.6 Å². The third-order valence-corrected chi connectivity index (χ3v) is 5.32. The molecule has 1 amide bonds. The van der Waals surface area contributed by atoms with E-state index >= 15 is 0 Å².